The Labute approximate surface area is 147 Å². The number of rotatable bonds is 5. The van der Waals surface area contributed by atoms with Gasteiger partial charge in [-0.15, -0.1) is 0 Å². The second kappa shape index (κ2) is 6.28. The summed E-state index contributed by atoms with van der Waals surface area (Å²) in [5.41, 5.74) is 1.36. The molecule has 0 aliphatic rings. The van der Waals surface area contributed by atoms with Crippen molar-refractivity contribution < 1.29 is 4.92 Å². The van der Waals surface area contributed by atoms with E-state index in [4.69, 9.17) is 0 Å². The number of aryl methyl sites for hydroxylation is 1. The van der Waals surface area contributed by atoms with Gasteiger partial charge in [0, 0.05) is 6.07 Å². The fourth-order valence-corrected chi connectivity index (χ4v) is 2.82. The molecule has 4 aromatic rings. The van der Waals surface area contributed by atoms with Crippen molar-refractivity contribution in [2.45, 2.75) is 13.0 Å². The lowest BCUT2D eigenvalue weighted by Gasteiger charge is -2.15. The first kappa shape index (κ1) is 15.8. The maximum absolute atomic E-state index is 11.6. The predicted molar refractivity (Wildman–Crippen MR) is 94.9 cm³/mol. The van der Waals surface area contributed by atoms with E-state index in [0.717, 1.165) is 5.56 Å². The van der Waals surface area contributed by atoms with Crippen LogP contribution in [0.5, 0.6) is 0 Å². The molecule has 9 heteroatoms. The molecule has 3 heterocycles. The van der Waals surface area contributed by atoms with Crippen LogP contribution >= 0.6 is 0 Å². The highest BCUT2D eigenvalue weighted by Gasteiger charge is 2.27. The van der Waals surface area contributed by atoms with Crippen LogP contribution in [0.2, 0.25) is 0 Å². The summed E-state index contributed by atoms with van der Waals surface area (Å²) in [5, 5.41) is 21.8. The number of hydrogen-bond donors (Lipinski definition) is 2. The molecule has 1 aromatic carbocycles. The number of H-pyrrole nitrogens is 1. The molecule has 2 N–H and O–H groups in total. The van der Waals surface area contributed by atoms with Crippen molar-refractivity contribution in [2.24, 2.45) is 0 Å². The molecule has 0 saturated heterocycles. The van der Waals surface area contributed by atoms with Crippen molar-refractivity contribution in [2.75, 3.05) is 5.32 Å². The minimum Gasteiger partial charge on any atom is -0.358 e. The summed E-state index contributed by atoms with van der Waals surface area (Å²) in [7, 11) is 0. The lowest BCUT2D eigenvalue weighted by Crippen LogP contribution is -2.15. The summed E-state index contributed by atoms with van der Waals surface area (Å²) in [5.74, 6) is 1.18. The molecule has 0 spiro atoms. The maximum Gasteiger partial charge on any atom is 0.372 e. The van der Waals surface area contributed by atoms with E-state index in [2.05, 4.69) is 25.5 Å². The van der Waals surface area contributed by atoms with Crippen LogP contribution in [0.25, 0.3) is 5.65 Å². The molecule has 0 radical (unpaired) electrons. The van der Waals surface area contributed by atoms with Crippen molar-refractivity contribution >= 4 is 17.3 Å². The number of aromatic amines is 1. The number of fused-ring (bicyclic) bond motifs is 1. The Morgan fingerprint density at radius 2 is 1.92 bits per heavy atom. The molecule has 0 fully saturated rings. The van der Waals surface area contributed by atoms with Gasteiger partial charge in [-0.2, -0.15) is 14.5 Å². The molecule has 4 rings (SSSR count). The number of aromatic nitrogens is 5. The molecule has 0 aliphatic heterocycles. The molecular weight excluding hydrogens is 334 g/mol. The second-order valence-corrected chi connectivity index (χ2v) is 5.74. The third kappa shape index (κ3) is 2.75. The standard InChI is InChI=1S/C17H15N7O2/c1-11-18-15(22-21-11)14(12-7-3-2-4-8-12)20-16-17(24(25)26)23-10-6-5-9-13(23)19-16/h2-10,14,20H,1H3,(H,18,21,22)/t14-/m0/s1. The van der Waals surface area contributed by atoms with Crippen molar-refractivity contribution in [1.29, 1.82) is 0 Å². The van der Waals surface area contributed by atoms with Crippen molar-refractivity contribution in [1.82, 2.24) is 24.6 Å². The zero-order valence-electron chi connectivity index (χ0n) is 13.8. The smallest absolute Gasteiger partial charge is 0.358 e. The molecule has 9 nitrogen and oxygen atoms in total. The van der Waals surface area contributed by atoms with Crippen LogP contribution in [0.4, 0.5) is 11.6 Å². The lowest BCUT2D eigenvalue weighted by atomic mass is 10.1. The summed E-state index contributed by atoms with van der Waals surface area (Å²) in [6.07, 6.45) is 1.61. The van der Waals surface area contributed by atoms with Crippen molar-refractivity contribution in [3.8, 4) is 0 Å². The van der Waals surface area contributed by atoms with E-state index in [1.807, 2.05) is 30.3 Å². The SMILES string of the molecule is Cc1nc([C@@H](Nc2nc3ccccn3c2[N+](=O)[O-])c2ccccc2)n[nH]1. The largest absolute Gasteiger partial charge is 0.372 e. The molecule has 1 atom stereocenters. The minimum atomic E-state index is -0.482. The number of imidazole rings is 1. The zero-order valence-corrected chi connectivity index (χ0v) is 13.8. The number of nitro groups is 1. The first-order valence-electron chi connectivity index (χ1n) is 7.95. The molecule has 3 aromatic heterocycles. The monoisotopic (exact) mass is 349 g/mol. The fourth-order valence-electron chi connectivity index (χ4n) is 2.82. The van der Waals surface area contributed by atoms with Gasteiger partial charge in [0.15, 0.2) is 5.82 Å². The molecule has 0 aliphatic carbocycles. The lowest BCUT2D eigenvalue weighted by molar-refractivity contribution is -0.389. The van der Waals surface area contributed by atoms with Crippen LogP contribution in [0.1, 0.15) is 23.3 Å². The highest BCUT2D eigenvalue weighted by molar-refractivity contribution is 5.63. The van der Waals surface area contributed by atoms with Gasteiger partial charge in [0.2, 0.25) is 11.5 Å². The quantitative estimate of drug-likeness (QED) is 0.423. The second-order valence-electron chi connectivity index (χ2n) is 5.74. The average molecular weight is 349 g/mol. The van der Waals surface area contributed by atoms with Gasteiger partial charge in [0.05, 0.1) is 6.20 Å². The van der Waals surface area contributed by atoms with E-state index >= 15 is 0 Å². The van der Waals surface area contributed by atoms with Gasteiger partial charge in [0.1, 0.15) is 11.9 Å². The molecule has 0 bridgehead atoms. The Hall–Kier alpha value is -3.75. The summed E-state index contributed by atoms with van der Waals surface area (Å²) in [6, 6.07) is 14.2. The zero-order chi connectivity index (χ0) is 18.1. The van der Waals surface area contributed by atoms with Gasteiger partial charge >= 0.3 is 5.82 Å². The topological polar surface area (TPSA) is 114 Å². The number of hydrogen-bond acceptors (Lipinski definition) is 6. The third-order valence-electron chi connectivity index (χ3n) is 3.96. The van der Waals surface area contributed by atoms with E-state index in [9.17, 15) is 10.1 Å². The third-order valence-corrected chi connectivity index (χ3v) is 3.96. The molecular formula is C17H15N7O2. The maximum atomic E-state index is 11.6. The summed E-state index contributed by atoms with van der Waals surface area (Å²) < 4.78 is 1.44. The Morgan fingerprint density at radius 1 is 1.15 bits per heavy atom. The van der Waals surface area contributed by atoms with Crippen LogP contribution in [0.15, 0.2) is 54.7 Å². The van der Waals surface area contributed by atoms with Crippen molar-refractivity contribution in [3.63, 3.8) is 0 Å². The Morgan fingerprint density at radius 3 is 2.62 bits per heavy atom. The molecule has 0 saturated carbocycles. The number of anilines is 1. The number of nitrogens with zero attached hydrogens (tertiary/aromatic N) is 5. The fraction of sp³-hybridized carbons (Fsp3) is 0.118. The van der Waals surface area contributed by atoms with Crippen LogP contribution < -0.4 is 5.32 Å². The Kier molecular flexibility index (Phi) is 3.81. The van der Waals surface area contributed by atoms with E-state index in [1.54, 1.807) is 31.3 Å². The highest BCUT2D eigenvalue weighted by Crippen LogP contribution is 2.30. The van der Waals surface area contributed by atoms with Gasteiger partial charge in [-0.3, -0.25) is 5.10 Å². The first-order valence-corrected chi connectivity index (χ1v) is 7.95. The van der Waals surface area contributed by atoms with E-state index < -0.39 is 11.0 Å². The van der Waals surface area contributed by atoms with E-state index in [0.29, 0.717) is 17.3 Å². The number of benzene rings is 1. The van der Waals surface area contributed by atoms with Gasteiger partial charge < -0.3 is 15.4 Å². The van der Waals surface area contributed by atoms with Crippen molar-refractivity contribution in [3.05, 3.63) is 82.1 Å². The minimum absolute atomic E-state index is 0.131. The van der Waals surface area contributed by atoms with E-state index in [-0.39, 0.29) is 11.6 Å². The van der Waals surface area contributed by atoms with Crippen LogP contribution in [0.3, 0.4) is 0 Å². The normalized spacial score (nSPS) is 12.2. The highest BCUT2D eigenvalue weighted by atomic mass is 16.6. The molecule has 0 unspecified atom stereocenters. The summed E-state index contributed by atoms with van der Waals surface area (Å²) in [4.78, 5) is 19.9. The number of pyridine rings is 1. The predicted octanol–water partition coefficient (Wildman–Crippen LogP) is 2.87. The Balaban J connectivity index is 1.83. The average Bonchev–Trinajstić information content (AvgIpc) is 3.23. The summed E-state index contributed by atoms with van der Waals surface area (Å²) in [6.45, 7) is 1.80. The Bertz CT molecular complexity index is 1070. The molecule has 130 valence electrons. The number of nitrogens with one attached hydrogen (secondary N) is 2. The van der Waals surface area contributed by atoms with Gasteiger partial charge in [-0.05, 0) is 23.5 Å². The van der Waals surface area contributed by atoms with Crippen LogP contribution in [0, 0.1) is 17.0 Å². The van der Waals surface area contributed by atoms with Gasteiger partial charge in [-0.1, -0.05) is 36.4 Å². The van der Waals surface area contributed by atoms with Gasteiger partial charge in [0.25, 0.3) is 0 Å². The van der Waals surface area contributed by atoms with Crippen LogP contribution in [-0.2, 0) is 0 Å². The van der Waals surface area contributed by atoms with Gasteiger partial charge in [-0.25, -0.2) is 4.98 Å². The van der Waals surface area contributed by atoms with Crippen LogP contribution in [-0.4, -0.2) is 29.5 Å². The summed E-state index contributed by atoms with van der Waals surface area (Å²) >= 11 is 0. The molecule has 0 amide bonds. The first-order chi connectivity index (χ1) is 12.6. The van der Waals surface area contributed by atoms with E-state index in [1.165, 1.54) is 4.40 Å². The molecule has 26 heavy (non-hydrogen) atoms.